The summed E-state index contributed by atoms with van der Waals surface area (Å²) < 4.78 is 11.3. The van der Waals surface area contributed by atoms with E-state index in [-0.39, 0.29) is 12.5 Å². The van der Waals surface area contributed by atoms with Crippen molar-refractivity contribution in [3.8, 4) is 0 Å². The van der Waals surface area contributed by atoms with Crippen LogP contribution in [0.1, 0.15) is 393 Å². The predicted molar refractivity (Wildman–Crippen MR) is 351 cm³/mol. The lowest BCUT2D eigenvalue weighted by Gasteiger charge is -2.40. The van der Waals surface area contributed by atoms with Crippen molar-refractivity contribution in [2.45, 2.75) is 436 Å². The second kappa shape index (κ2) is 63.0. The van der Waals surface area contributed by atoms with E-state index in [2.05, 4.69) is 19.2 Å². The molecule has 1 heterocycles. The van der Waals surface area contributed by atoms with Gasteiger partial charge in [0, 0.05) is 6.42 Å². The minimum absolute atomic E-state index is 0.166. The number of aliphatic hydroxyl groups is 5. The Bertz CT molecular complexity index is 1300. The molecule has 1 aliphatic heterocycles. The van der Waals surface area contributed by atoms with Crippen LogP contribution in [0.15, 0.2) is 12.2 Å². The van der Waals surface area contributed by atoms with Crippen molar-refractivity contribution in [2.24, 2.45) is 0 Å². The third-order valence-corrected chi connectivity index (χ3v) is 18.1. The molecule has 0 saturated carbocycles. The number of carbonyl (C=O) groups excluding carboxylic acids is 1. The van der Waals surface area contributed by atoms with E-state index in [9.17, 15) is 30.3 Å². The molecule has 0 radical (unpaired) electrons. The summed E-state index contributed by atoms with van der Waals surface area (Å²) >= 11 is 0. The molecule has 6 N–H and O–H groups in total. The number of hydrogen-bond acceptors (Lipinski definition) is 8. The van der Waals surface area contributed by atoms with E-state index < -0.39 is 49.5 Å². The minimum atomic E-state index is -1.56. The number of hydrogen-bond donors (Lipinski definition) is 6. The quantitative estimate of drug-likeness (QED) is 0.0261. The predicted octanol–water partition coefficient (Wildman–Crippen LogP) is 20.3. The van der Waals surface area contributed by atoms with Gasteiger partial charge in [0.2, 0.25) is 5.91 Å². The first kappa shape index (κ1) is 78.9. The molecular formula is C73H143NO8. The van der Waals surface area contributed by atoms with Crippen LogP contribution in [-0.4, -0.2) is 87.5 Å². The van der Waals surface area contributed by atoms with Gasteiger partial charge in [-0.3, -0.25) is 4.79 Å². The topological polar surface area (TPSA) is 149 Å². The highest BCUT2D eigenvalue weighted by Gasteiger charge is 2.44. The molecule has 9 nitrogen and oxygen atoms in total. The maximum Gasteiger partial charge on any atom is 0.220 e. The zero-order valence-corrected chi connectivity index (χ0v) is 54.8. The molecule has 1 fully saturated rings. The van der Waals surface area contributed by atoms with Gasteiger partial charge in [0.15, 0.2) is 6.29 Å². The molecule has 1 saturated heterocycles. The van der Waals surface area contributed by atoms with E-state index in [1.54, 1.807) is 6.08 Å². The maximum atomic E-state index is 13.1. The Morgan fingerprint density at radius 2 is 0.671 bits per heavy atom. The van der Waals surface area contributed by atoms with E-state index in [1.165, 1.54) is 334 Å². The highest BCUT2D eigenvalue weighted by molar-refractivity contribution is 5.76. The molecule has 9 heteroatoms. The van der Waals surface area contributed by atoms with Crippen LogP contribution in [0.2, 0.25) is 0 Å². The van der Waals surface area contributed by atoms with Crippen LogP contribution in [0.3, 0.4) is 0 Å². The highest BCUT2D eigenvalue weighted by Crippen LogP contribution is 2.24. The molecule has 488 valence electrons. The van der Waals surface area contributed by atoms with Crippen LogP contribution in [0.4, 0.5) is 0 Å². The number of allylic oxidation sites excluding steroid dienone is 1. The van der Waals surface area contributed by atoms with Gasteiger partial charge in [-0.25, -0.2) is 0 Å². The van der Waals surface area contributed by atoms with Gasteiger partial charge in [0.1, 0.15) is 24.4 Å². The number of rotatable bonds is 66. The molecule has 7 atom stereocenters. The largest absolute Gasteiger partial charge is 0.394 e. The van der Waals surface area contributed by atoms with E-state index in [0.717, 1.165) is 38.5 Å². The van der Waals surface area contributed by atoms with Crippen LogP contribution in [-0.2, 0) is 14.3 Å². The number of carbonyl (C=O) groups is 1. The molecule has 0 aromatic heterocycles. The third-order valence-electron chi connectivity index (χ3n) is 18.1. The van der Waals surface area contributed by atoms with Gasteiger partial charge >= 0.3 is 0 Å². The molecule has 0 spiro atoms. The molecule has 1 rings (SSSR count). The molecule has 1 aliphatic rings. The molecule has 0 aliphatic carbocycles. The van der Waals surface area contributed by atoms with Crippen molar-refractivity contribution >= 4 is 5.91 Å². The second-order valence-corrected chi connectivity index (χ2v) is 26.1. The van der Waals surface area contributed by atoms with Crippen molar-refractivity contribution in [1.82, 2.24) is 5.32 Å². The number of amides is 1. The number of aliphatic hydroxyl groups excluding tert-OH is 5. The average molecular weight is 1160 g/mol. The van der Waals surface area contributed by atoms with E-state index in [0.29, 0.717) is 6.42 Å². The zero-order valence-electron chi connectivity index (χ0n) is 54.8. The van der Waals surface area contributed by atoms with Gasteiger partial charge in [0.05, 0.1) is 25.4 Å². The van der Waals surface area contributed by atoms with Crippen LogP contribution in [0, 0.1) is 0 Å². The minimum Gasteiger partial charge on any atom is -0.394 e. The lowest BCUT2D eigenvalue weighted by molar-refractivity contribution is -0.302. The van der Waals surface area contributed by atoms with Crippen molar-refractivity contribution in [3.05, 3.63) is 12.2 Å². The average Bonchev–Trinajstić information content (AvgIpc) is 3.57. The Morgan fingerprint density at radius 1 is 0.402 bits per heavy atom. The number of unbranched alkanes of at least 4 members (excludes halogenated alkanes) is 56. The fourth-order valence-electron chi connectivity index (χ4n) is 12.3. The summed E-state index contributed by atoms with van der Waals surface area (Å²) in [6.07, 6.45) is 74.8. The van der Waals surface area contributed by atoms with Crippen LogP contribution < -0.4 is 5.32 Å². The summed E-state index contributed by atoms with van der Waals surface area (Å²) in [7, 11) is 0. The maximum absolute atomic E-state index is 13.1. The fourth-order valence-corrected chi connectivity index (χ4v) is 12.3. The standard InChI is InChI=1S/C73H143NO8/c1-3-5-7-9-11-13-15-17-19-21-23-25-27-29-30-31-32-33-34-35-36-37-38-39-41-43-45-47-49-51-53-55-57-59-61-63-69(77)74-66(65-81-73-72(80)71(79)70(78)68(64-75)82-73)67(76)62-60-58-56-54-52-50-48-46-44-42-40-28-26-24-22-20-18-16-14-12-10-8-6-4-2/h60,62,66-68,70-73,75-76,78-80H,3-59,61,63-65H2,1-2H3,(H,74,77)/b62-60+. The lowest BCUT2D eigenvalue weighted by Crippen LogP contribution is -2.60. The van der Waals surface area contributed by atoms with E-state index in [4.69, 9.17) is 9.47 Å². The normalized spacial score (nSPS) is 18.3. The summed E-state index contributed by atoms with van der Waals surface area (Å²) in [5.41, 5.74) is 0. The Balaban J connectivity index is 2.07. The smallest absolute Gasteiger partial charge is 0.220 e. The number of ether oxygens (including phenoxy) is 2. The van der Waals surface area contributed by atoms with Gasteiger partial charge in [-0.1, -0.05) is 379 Å². The van der Waals surface area contributed by atoms with Crippen LogP contribution in [0.25, 0.3) is 0 Å². The van der Waals surface area contributed by atoms with Crippen molar-refractivity contribution < 1.29 is 39.8 Å². The summed E-state index contributed by atoms with van der Waals surface area (Å²) in [6.45, 7) is 3.85. The molecule has 1 amide bonds. The lowest BCUT2D eigenvalue weighted by atomic mass is 9.99. The molecule has 0 aromatic carbocycles. The summed E-state index contributed by atoms with van der Waals surface area (Å²) in [6, 6.07) is -0.802. The third kappa shape index (κ3) is 51.0. The summed E-state index contributed by atoms with van der Waals surface area (Å²) in [4.78, 5) is 13.1. The fraction of sp³-hybridized carbons (Fsp3) is 0.959. The van der Waals surface area contributed by atoms with Gasteiger partial charge in [0.25, 0.3) is 0 Å². The van der Waals surface area contributed by atoms with Crippen molar-refractivity contribution in [3.63, 3.8) is 0 Å². The van der Waals surface area contributed by atoms with Crippen molar-refractivity contribution in [1.29, 1.82) is 0 Å². The summed E-state index contributed by atoms with van der Waals surface area (Å²) in [5.74, 6) is -0.166. The Hall–Kier alpha value is -1.07. The van der Waals surface area contributed by atoms with Gasteiger partial charge in [-0.15, -0.1) is 0 Å². The van der Waals surface area contributed by atoms with E-state index in [1.807, 2.05) is 6.08 Å². The Labute approximate surface area is 509 Å². The van der Waals surface area contributed by atoms with Crippen LogP contribution >= 0.6 is 0 Å². The SMILES string of the molecule is CCCCCCCCCCCCCCCCCCCCCCCC/C=C/C(O)C(COC1OC(CO)C(O)C(O)C1O)NC(=O)CCCCCCCCCCCCCCCCCCCCCCCCCCCCCCCCCCCCC. The first-order chi connectivity index (χ1) is 40.3. The van der Waals surface area contributed by atoms with Gasteiger partial charge < -0.3 is 40.3 Å². The summed E-state index contributed by atoms with van der Waals surface area (Å²) in [5, 5.41) is 54.8. The zero-order chi connectivity index (χ0) is 59.3. The Morgan fingerprint density at radius 3 is 0.951 bits per heavy atom. The first-order valence-electron chi connectivity index (χ1n) is 36.9. The monoisotopic (exact) mass is 1160 g/mol. The molecular weight excluding hydrogens is 1020 g/mol. The second-order valence-electron chi connectivity index (χ2n) is 26.1. The molecule has 82 heavy (non-hydrogen) atoms. The van der Waals surface area contributed by atoms with Crippen molar-refractivity contribution in [2.75, 3.05) is 13.2 Å². The van der Waals surface area contributed by atoms with Gasteiger partial charge in [-0.2, -0.15) is 0 Å². The van der Waals surface area contributed by atoms with E-state index >= 15 is 0 Å². The molecule has 0 bridgehead atoms. The van der Waals surface area contributed by atoms with Crippen LogP contribution in [0.5, 0.6) is 0 Å². The number of nitrogens with one attached hydrogen (secondary N) is 1. The van der Waals surface area contributed by atoms with Gasteiger partial charge in [-0.05, 0) is 19.3 Å². The Kier molecular flexibility index (Phi) is 60.6. The highest BCUT2D eigenvalue weighted by atomic mass is 16.7. The first-order valence-corrected chi connectivity index (χ1v) is 36.9. The molecule has 7 unspecified atom stereocenters. The molecule has 0 aromatic rings.